The second-order valence-electron chi connectivity index (χ2n) is 5.34. The van der Waals surface area contributed by atoms with Crippen LogP contribution in [0.1, 0.15) is 43.5 Å². The van der Waals surface area contributed by atoms with Gasteiger partial charge in [-0.15, -0.1) is 0 Å². The van der Waals surface area contributed by atoms with Gasteiger partial charge in [-0.05, 0) is 32.9 Å². The number of rotatable bonds is 4. The van der Waals surface area contributed by atoms with E-state index in [2.05, 4.69) is 21.5 Å². The number of hydrogen-bond acceptors (Lipinski definition) is 4. The molecule has 1 aromatic rings. The van der Waals surface area contributed by atoms with Crippen molar-refractivity contribution in [2.24, 2.45) is 0 Å². The monoisotopic (exact) mass is 299 g/mol. The highest BCUT2D eigenvalue weighted by Gasteiger charge is 2.31. The highest BCUT2D eigenvalue weighted by atomic mass is 35.5. The first-order chi connectivity index (χ1) is 9.06. The van der Waals surface area contributed by atoms with Gasteiger partial charge in [0.05, 0.1) is 0 Å². The van der Waals surface area contributed by atoms with Crippen molar-refractivity contribution in [1.29, 1.82) is 0 Å². The molecule has 1 saturated carbocycles. The van der Waals surface area contributed by atoms with Crippen LogP contribution in [-0.2, 0) is 0 Å². The van der Waals surface area contributed by atoms with Crippen molar-refractivity contribution >= 4 is 29.2 Å². The average Bonchev–Trinajstić information content (AvgIpc) is 2.42. The number of hydrogen-bond donors (Lipinski definition) is 1. The lowest BCUT2D eigenvalue weighted by Crippen LogP contribution is -2.36. The summed E-state index contributed by atoms with van der Waals surface area (Å²) >= 11 is 8.10. The zero-order chi connectivity index (χ0) is 13.9. The molecular weight excluding hydrogens is 278 g/mol. The standard InChI is InChI=1S/C14H22ClN3S/c1-10-12(15)17-11(2)18-13(10)16-9-14(19-3)7-5-4-6-8-14/h4-9H2,1-3H3,(H,16,17,18). The molecule has 1 aromatic heterocycles. The zero-order valence-electron chi connectivity index (χ0n) is 11.9. The summed E-state index contributed by atoms with van der Waals surface area (Å²) in [7, 11) is 0. The third kappa shape index (κ3) is 3.54. The minimum atomic E-state index is 0.357. The Bertz CT molecular complexity index is 445. The van der Waals surface area contributed by atoms with E-state index in [1.165, 1.54) is 32.1 Å². The Morgan fingerprint density at radius 3 is 2.53 bits per heavy atom. The van der Waals surface area contributed by atoms with Gasteiger partial charge in [-0.1, -0.05) is 30.9 Å². The molecule has 106 valence electrons. The lowest BCUT2D eigenvalue weighted by Gasteiger charge is -2.36. The summed E-state index contributed by atoms with van der Waals surface area (Å²) in [5.74, 6) is 1.61. The van der Waals surface area contributed by atoms with Crippen LogP contribution in [0.5, 0.6) is 0 Å². The summed E-state index contributed by atoms with van der Waals surface area (Å²) in [6.45, 7) is 4.81. The Morgan fingerprint density at radius 2 is 1.89 bits per heavy atom. The third-order valence-corrected chi connectivity index (χ3v) is 5.76. The van der Waals surface area contributed by atoms with Crippen LogP contribution in [0.25, 0.3) is 0 Å². The van der Waals surface area contributed by atoms with Gasteiger partial charge in [0.25, 0.3) is 0 Å². The van der Waals surface area contributed by atoms with Gasteiger partial charge >= 0.3 is 0 Å². The molecule has 1 fully saturated rings. The van der Waals surface area contributed by atoms with Crippen LogP contribution in [0.2, 0.25) is 5.15 Å². The second kappa shape index (κ2) is 6.31. The highest BCUT2D eigenvalue weighted by Crippen LogP contribution is 2.38. The molecule has 0 bridgehead atoms. The van der Waals surface area contributed by atoms with Crippen molar-refractivity contribution in [3.05, 3.63) is 16.5 Å². The zero-order valence-corrected chi connectivity index (χ0v) is 13.5. The molecule has 0 saturated heterocycles. The fraction of sp³-hybridized carbons (Fsp3) is 0.714. The van der Waals surface area contributed by atoms with Gasteiger partial charge in [0, 0.05) is 16.9 Å². The first-order valence-corrected chi connectivity index (χ1v) is 8.46. The minimum absolute atomic E-state index is 0.357. The Morgan fingerprint density at radius 1 is 1.21 bits per heavy atom. The first-order valence-electron chi connectivity index (χ1n) is 6.86. The molecule has 3 nitrogen and oxygen atoms in total. The van der Waals surface area contributed by atoms with Crippen LogP contribution in [0.4, 0.5) is 5.82 Å². The molecule has 19 heavy (non-hydrogen) atoms. The van der Waals surface area contributed by atoms with Crippen LogP contribution >= 0.6 is 23.4 Å². The molecule has 0 unspecified atom stereocenters. The molecule has 1 heterocycles. The van der Waals surface area contributed by atoms with E-state index in [-0.39, 0.29) is 0 Å². The van der Waals surface area contributed by atoms with Crippen molar-refractivity contribution in [2.45, 2.75) is 50.7 Å². The van der Waals surface area contributed by atoms with Crippen molar-refractivity contribution in [3.8, 4) is 0 Å². The lowest BCUT2D eigenvalue weighted by molar-refractivity contribution is 0.411. The normalized spacial score (nSPS) is 18.3. The van der Waals surface area contributed by atoms with E-state index in [1.54, 1.807) is 0 Å². The van der Waals surface area contributed by atoms with Crippen LogP contribution < -0.4 is 5.32 Å². The van der Waals surface area contributed by atoms with Crippen molar-refractivity contribution < 1.29 is 0 Å². The fourth-order valence-corrected chi connectivity index (χ4v) is 3.79. The van der Waals surface area contributed by atoms with Gasteiger partial charge in [0.1, 0.15) is 16.8 Å². The molecule has 2 rings (SSSR count). The Labute approximate surface area is 124 Å². The van der Waals surface area contributed by atoms with E-state index >= 15 is 0 Å². The number of nitrogens with zero attached hydrogens (tertiary/aromatic N) is 2. The summed E-state index contributed by atoms with van der Waals surface area (Å²) in [5.41, 5.74) is 0.944. The van der Waals surface area contributed by atoms with E-state index in [4.69, 9.17) is 11.6 Å². The van der Waals surface area contributed by atoms with Crippen molar-refractivity contribution in [2.75, 3.05) is 18.1 Å². The maximum atomic E-state index is 6.11. The van der Waals surface area contributed by atoms with Gasteiger partial charge in [-0.25, -0.2) is 9.97 Å². The number of halogens is 1. The summed E-state index contributed by atoms with van der Waals surface area (Å²) in [5, 5.41) is 4.05. The summed E-state index contributed by atoms with van der Waals surface area (Å²) < 4.78 is 0.357. The molecular formula is C14H22ClN3S. The van der Waals surface area contributed by atoms with E-state index < -0.39 is 0 Å². The van der Waals surface area contributed by atoms with E-state index in [1.807, 2.05) is 25.6 Å². The largest absolute Gasteiger partial charge is 0.368 e. The molecule has 5 heteroatoms. The number of thioether (sulfide) groups is 1. The first kappa shape index (κ1) is 14.9. The average molecular weight is 300 g/mol. The molecule has 1 N–H and O–H groups in total. The second-order valence-corrected chi connectivity index (χ2v) is 6.97. The van der Waals surface area contributed by atoms with Gasteiger partial charge in [-0.3, -0.25) is 0 Å². The van der Waals surface area contributed by atoms with Crippen molar-refractivity contribution in [3.63, 3.8) is 0 Å². The van der Waals surface area contributed by atoms with Crippen molar-refractivity contribution in [1.82, 2.24) is 9.97 Å². The molecule has 0 atom stereocenters. The molecule has 0 amide bonds. The predicted molar refractivity (Wildman–Crippen MR) is 84.3 cm³/mol. The lowest BCUT2D eigenvalue weighted by atomic mass is 9.88. The molecule has 1 aliphatic carbocycles. The predicted octanol–water partition coefficient (Wildman–Crippen LogP) is 4.22. The van der Waals surface area contributed by atoms with E-state index in [0.29, 0.717) is 9.90 Å². The smallest absolute Gasteiger partial charge is 0.137 e. The molecule has 0 aliphatic heterocycles. The summed E-state index contributed by atoms with van der Waals surface area (Å²) in [4.78, 5) is 8.64. The number of aromatic nitrogens is 2. The van der Waals surface area contributed by atoms with Gasteiger partial charge in [-0.2, -0.15) is 11.8 Å². The van der Waals surface area contributed by atoms with E-state index in [9.17, 15) is 0 Å². The van der Waals surface area contributed by atoms with Gasteiger partial charge in [0.15, 0.2) is 0 Å². The minimum Gasteiger partial charge on any atom is -0.368 e. The third-order valence-electron chi connectivity index (χ3n) is 3.97. The van der Waals surface area contributed by atoms with Gasteiger partial charge < -0.3 is 5.32 Å². The Balaban J connectivity index is 2.09. The number of nitrogens with one attached hydrogen (secondary N) is 1. The summed E-state index contributed by atoms with van der Waals surface area (Å²) in [6, 6.07) is 0. The quantitative estimate of drug-likeness (QED) is 0.845. The maximum absolute atomic E-state index is 6.11. The van der Waals surface area contributed by atoms with Crippen LogP contribution in [0, 0.1) is 13.8 Å². The van der Waals surface area contributed by atoms with E-state index in [0.717, 1.165) is 23.8 Å². The number of aryl methyl sites for hydroxylation is 1. The van der Waals surface area contributed by atoms with Crippen LogP contribution in [0.3, 0.4) is 0 Å². The highest BCUT2D eigenvalue weighted by molar-refractivity contribution is 8.00. The molecule has 0 spiro atoms. The molecule has 0 aromatic carbocycles. The Hall–Kier alpha value is -0.480. The SMILES string of the molecule is CSC1(CNc2nc(C)nc(Cl)c2C)CCCCC1. The summed E-state index contributed by atoms with van der Waals surface area (Å²) in [6.07, 6.45) is 8.85. The fourth-order valence-electron chi connectivity index (χ4n) is 2.66. The maximum Gasteiger partial charge on any atom is 0.137 e. The Kier molecular flexibility index (Phi) is 4.96. The number of anilines is 1. The molecule has 1 aliphatic rings. The van der Waals surface area contributed by atoms with Crippen LogP contribution in [0.15, 0.2) is 0 Å². The van der Waals surface area contributed by atoms with Crippen LogP contribution in [-0.4, -0.2) is 27.5 Å². The van der Waals surface area contributed by atoms with Gasteiger partial charge in [0.2, 0.25) is 0 Å². The topological polar surface area (TPSA) is 37.8 Å². The molecule has 0 radical (unpaired) electrons.